The van der Waals surface area contributed by atoms with Crippen LogP contribution >= 0.6 is 39.1 Å². The third kappa shape index (κ3) is 15.6. The highest BCUT2D eigenvalue weighted by molar-refractivity contribution is 9.10. The highest BCUT2D eigenvalue weighted by atomic mass is 79.9. The smallest absolute Gasteiger partial charge is 0.410 e. The van der Waals surface area contributed by atoms with E-state index in [0.717, 1.165) is 108 Å². The molecule has 4 fully saturated rings. The maximum absolute atomic E-state index is 13.0. The molecule has 59 heavy (non-hydrogen) atoms. The highest BCUT2D eigenvalue weighted by Crippen LogP contribution is 2.32. The molecule has 4 heterocycles. The van der Waals surface area contributed by atoms with Crippen LogP contribution < -0.4 is 10.2 Å². The van der Waals surface area contributed by atoms with E-state index in [1.54, 1.807) is 15.9 Å². The second-order valence-corrected chi connectivity index (χ2v) is 18.9. The summed E-state index contributed by atoms with van der Waals surface area (Å²) in [4.78, 5) is 58.7. The summed E-state index contributed by atoms with van der Waals surface area (Å²) < 4.78 is 11.6. The third-order valence-electron chi connectivity index (χ3n) is 10.2. The number of hydrogen-bond acceptors (Lipinski definition) is 8. The SMILES string of the molecule is CC(C)(C)OC(=O)N1CCCN(c2cccc(C(=O)N3CCCCC3)c2Cl)CC1.CC(C)(C)OC(=O)N1CCCNCC1.O=C(c1cccc(Br)c1Cl)N1CCCCC1. The molecule has 2 aromatic rings. The van der Waals surface area contributed by atoms with Gasteiger partial charge in [0.25, 0.3) is 11.8 Å². The van der Waals surface area contributed by atoms with E-state index in [0.29, 0.717) is 40.8 Å². The van der Waals surface area contributed by atoms with Crippen LogP contribution in [0.5, 0.6) is 0 Å². The average molecular weight is 925 g/mol. The Labute approximate surface area is 370 Å². The quantitative estimate of drug-likeness (QED) is 0.324. The second kappa shape index (κ2) is 23.1. The number of carbonyl (C=O) groups is 4. The Morgan fingerprint density at radius 2 is 1.02 bits per heavy atom. The summed E-state index contributed by atoms with van der Waals surface area (Å²) in [6.07, 6.45) is 8.04. The number of piperidine rings is 2. The first-order valence-corrected chi connectivity index (χ1v) is 22.7. The number of benzene rings is 2. The number of anilines is 1. The molecule has 0 spiro atoms. The molecule has 328 valence electrons. The van der Waals surface area contributed by atoms with Gasteiger partial charge in [0, 0.05) is 76.5 Å². The van der Waals surface area contributed by atoms with Gasteiger partial charge in [-0.05, 0) is 140 Å². The fraction of sp³-hybridized carbons (Fsp3) is 0.636. The van der Waals surface area contributed by atoms with E-state index in [1.165, 1.54) is 12.8 Å². The first-order chi connectivity index (χ1) is 27.9. The molecule has 6 rings (SSSR count). The number of nitrogens with zero attached hydrogens (tertiary/aromatic N) is 5. The normalized spacial score (nSPS) is 17.9. The van der Waals surface area contributed by atoms with Crippen molar-refractivity contribution in [1.82, 2.24) is 24.9 Å². The van der Waals surface area contributed by atoms with Crippen LogP contribution in [0.4, 0.5) is 15.3 Å². The Morgan fingerprint density at radius 3 is 1.56 bits per heavy atom. The molecule has 0 aromatic heterocycles. The van der Waals surface area contributed by atoms with Crippen LogP contribution in [0, 0.1) is 0 Å². The minimum atomic E-state index is -0.504. The van der Waals surface area contributed by atoms with Crippen molar-refractivity contribution in [2.24, 2.45) is 0 Å². The molecule has 12 nitrogen and oxygen atoms in total. The monoisotopic (exact) mass is 922 g/mol. The maximum Gasteiger partial charge on any atom is 0.410 e. The van der Waals surface area contributed by atoms with Gasteiger partial charge in [-0.2, -0.15) is 0 Å². The number of likely N-dealkylation sites (tertiary alicyclic amines) is 2. The van der Waals surface area contributed by atoms with Crippen molar-refractivity contribution in [1.29, 1.82) is 0 Å². The van der Waals surface area contributed by atoms with Crippen LogP contribution in [-0.4, -0.2) is 133 Å². The molecule has 0 saturated carbocycles. The van der Waals surface area contributed by atoms with E-state index in [4.69, 9.17) is 32.7 Å². The van der Waals surface area contributed by atoms with Crippen molar-refractivity contribution in [3.63, 3.8) is 0 Å². The summed E-state index contributed by atoms with van der Waals surface area (Å²) in [6, 6.07) is 11.1. The van der Waals surface area contributed by atoms with Crippen LogP contribution in [0.15, 0.2) is 40.9 Å². The fourth-order valence-electron chi connectivity index (χ4n) is 7.16. The summed E-state index contributed by atoms with van der Waals surface area (Å²) in [5, 5.41) is 4.27. The van der Waals surface area contributed by atoms with Gasteiger partial charge in [-0.1, -0.05) is 35.3 Å². The molecule has 1 N–H and O–H groups in total. The molecule has 4 aliphatic rings. The Bertz CT molecular complexity index is 1700. The van der Waals surface area contributed by atoms with Crippen LogP contribution in [-0.2, 0) is 9.47 Å². The topological polar surface area (TPSA) is 115 Å². The zero-order valence-electron chi connectivity index (χ0n) is 35.9. The Hall–Kier alpha value is -3.26. The first kappa shape index (κ1) is 48.4. The number of nitrogens with one attached hydrogen (secondary N) is 1. The van der Waals surface area contributed by atoms with Gasteiger partial charge in [0.2, 0.25) is 0 Å². The number of ether oxygens (including phenoxy) is 2. The van der Waals surface area contributed by atoms with Crippen molar-refractivity contribution < 1.29 is 28.7 Å². The van der Waals surface area contributed by atoms with Gasteiger partial charge in [-0.25, -0.2) is 9.59 Å². The lowest BCUT2D eigenvalue weighted by atomic mass is 10.1. The number of halogens is 3. The van der Waals surface area contributed by atoms with Crippen LogP contribution in [0.3, 0.4) is 0 Å². The fourth-order valence-corrected chi connectivity index (χ4v) is 8.05. The minimum absolute atomic E-state index is 0.0155. The Morgan fingerprint density at radius 1 is 0.542 bits per heavy atom. The molecular weight excluding hydrogens is 859 g/mol. The van der Waals surface area contributed by atoms with Crippen LogP contribution in [0.1, 0.15) is 114 Å². The Balaban J connectivity index is 0.000000216. The van der Waals surface area contributed by atoms with E-state index in [1.807, 2.05) is 81.7 Å². The summed E-state index contributed by atoms with van der Waals surface area (Å²) in [6.45, 7) is 20.6. The highest BCUT2D eigenvalue weighted by Gasteiger charge is 2.28. The van der Waals surface area contributed by atoms with E-state index >= 15 is 0 Å². The second-order valence-electron chi connectivity index (χ2n) is 17.3. The van der Waals surface area contributed by atoms with Gasteiger partial charge in [-0.3, -0.25) is 9.59 Å². The van der Waals surface area contributed by atoms with Crippen LogP contribution in [0.25, 0.3) is 0 Å². The van der Waals surface area contributed by atoms with E-state index in [2.05, 4.69) is 26.1 Å². The largest absolute Gasteiger partial charge is 0.444 e. The van der Waals surface area contributed by atoms with E-state index in [-0.39, 0.29) is 24.0 Å². The van der Waals surface area contributed by atoms with Crippen molar-refractivity contribution in [3.05, 3.63) is 62.0 Å². The van der Waals surface area contributed by atoms with Crippen molar-refractivity contribution in [2.75, 3.05) is 83.4 Å². The molecule has 2 aromatic carbocycles. The predicted octanol–water partition coefficient (Wildman–Crippen LogP) is 9.36. The minimum Gasteiger partial charge on any atom is -0.444 e. The average Bonchev–Trinajstić information content (AvgIpc) is 3.63. The van der Waals surface area contributed by atoms with Crippen molar-refractivity contribution >= 4 is 68.8 Å². The number of rotatable bonds is 3. The van der Waals surface area contributed by atoms with Crippen molar-refractivity contribution in [2.45, 2.75) is 104 Å². The summed E-state index contributed by atoms with van der Waals surface area (Å²) in [5.74, 6) is 0.0627. The van der Waals surface area contributed by atoms with Gasteiger partial charge in [0.05, 0.1) is 26.9 Å². The molecule has 4 aliphatic heterocycles. The van der Waals surface area contributed by atoms with Gasteiger partial charge >= 0.3 is 12.2 Å². The maximum atomic E-state index is 13.0. The summed E-state index contributed by atoms with van der Waals surface area (Å²) in [5.41, 5.74) is 1.13. The first-order valence-electron chi connectivity index (χ1n) is 21.2. The molecule has 0 bridgehead atoms. The van der Waals surface area contributed by atoms with E-state index < -0.39 is 11.2 Å². The molecule has 0 radical (unpaired) electrons. The number of amides is 4. The predicted molar refractivity (Wildman–Crippen MR) is 240 cm³/mol. The molecule has 0 unspecified atom stereocenters. The molecule has 4 amide bonds. The van der Waals surface area contributed by atoms with Gasteiger partial charge in [0.1, 0.15) is 11.2 Å². The number of carbonyl (C=O) groups excluding carboxylic acids is 4. The summed E-state index contributed by atoms with van der Waals surface area (Å²) >= 11 is 16.1. The third-order valence-corrected chi connectivity index (χ3v) is 11.9. The summed E-state index contributed by atoms with van der Waals surface area (Å²) in [7, 11) is 0. The molecular formula is C44H65BrCl2N6O6. The lowest BCUT2D eigenvalue weighted by Crippen LogP contribution is -2.39. The van der Waals surface area contributed by atoms with Gasteiger partial charge in [-0.15, -0.1) is 0 Å². The zero-order valence-corrected chi connectivity index (χ0v) is 39.0. The molecule has 0 atom stereocenters. The zero-order chi connectivity index (χ0) is 43.2. The molecule has 15 heteroatoms. The molecule has 0 aliphatic carbocycles. The lowest BCUT2D eigenvalue weighted by Gasteiger charge is -2.29. The Kier molecular flexibility index (Phi) is 18.9. The van der Waals surface area contributed by atoms with Gasteiger partial charge in [0.15, 0.2) is 0 Å². The standard InChI is InChI=1S/C22H32ClN3O3.C12H13BrClNO.C10H20N2O2/c1-22(2,3)29-21(28)26-14-8-13-24(15-16-26)18-10-7-9-17(19(18)23)20(27)25-11-5-4-6-12-25;13-10-6-4-5-9(11(10)14)12(16)15-7-2-1-3-8-15;1-10(2,3)14-9(13)12-7-4-5-11-6-8-12/h7,9-10H,4-6,8,11-16H2,1-3H3;4-6H,1-3,7-8H2;11H,4-8H2,1-3H3. The lowest BCUT2D eigenvalue weighted by molar-refractivity contribution is 0.0252. The van der Waals surface area contributed by atoms with Crippen LogP contribution in [0.2, 0.25) is 10.0 Å². The van der Waals surface area contributed by atoms with Gasteiger partial charge < -0.3 is 39.3 Å². The van der Waals surface area contributed by atoms with Crippen molar-refractivity contribution in [3.8, 4) is 0 Å². The molecule has 4 saturated heterocycles. The van der Waals surface area contributed by atoms with E-state index in [9.17, 15) is 19.2 Å². The number of hydrogen-bond donors (Lipinski definition) is 1.